The van der Waals surface area contributed by atoms with Crippen LogP contribution in [-0.2, 0) is 19.6 Å². The number of carbonyl (C=O) groups excluding carboxylic acids is 1. The smallest absolute Gasteiger partial charge is 0.451 e. The van der Waals surface area contributed by atoms with Crippen LogP contribution in [0.15, 0.2) is 0 Å². The predicted octanol–water partition coefficient (Wildman–Crippen LogP) is 2.62. The van der Waals surface area contributed by atoms with E-state index in [0.29, 0.717) is 0 Å². The summed E-state index contributed by atoms with van der Waals surface area (Å²) in [5.41, 5.74) is 0. The first-order valence-corrected chi connectivity index (χ1v) is 7.84. The van der Waals surface area contributed by atoms with Gasteiger partial charge in [-0.25, -0.2) is 9.18 Å². The summed E-state index contributed by atoms with van der Waals surface area (Å²) < 4.78 is 84.4. The third-order valence-corrected chi connectivity index (χ3v) is 4.58. The molecule has 0 radical (unpaired) electrons. The Bertz CT molecular complexity index is 469. The number of hydrogen-bond acceptors (Lipinski definition) is 4. The van der Waals surface area contributed by atoms with Gasteiger partial charge in [-0.3, -0.25) is 4.55 Å². The molecule has 0 saturated heterocycles. The average molecular weight is 336 g/mol. The maximum atomic E-state index is 13.5. The second kappa shape index (κ2) is 6.47. The third kappa shape index (κ3) is 4.06. The van der Waals surface area contributed by atoms with Crippen molar-refractivity contribution in [1.82, 2.24) is 0 Å². The highest BCUT2D eigenvalue weighted by Gasteiger charge is 2.72. The molecule has 1 rings (SSSR count). The molecule has 1 saturated carbocycles. The summed E-state index contributed by atoms with van der Waals surface area (Å²) in [6.07, 6.45) is -1.27. The van der Waals surface area contributed by atoms with Gasteiger partial charge in [-0.1, -0.05) is 32.1 Å². The fourth-order valence-corrected chi connectivity index (χ4v) is 2.82. The minimum atomic E-state index is -6.34. The highest BCUT2D eigenvalue weighted by Crippen LogP contribution is 2.39. The fraction of sp³-hybridized carbons (Fsp3) is 0.909. The zero-order valence-electron chi connectivity index (χ0n) is 11.0. The van der Waals surface area contributed by atoms with Crippen LogP contribution in [0.1, 0.15) is 38.5 Å². The van der Waals surface area contributed by atoms with E-state index < -0.39 is 33.9 Å². The highest BCUT2D eigenvalue weighted by atomic mass is 32.2. The lowest BCUT2D eigenvalue weighted by Gasteiger charge is -2.24. The lowest BCUT2D eigenvalue weighted by molar-refractivity contribution is -0.215. The van der Waals surface area contributed by atoms with E-state index in [0.717, 1.165) is 32.1 Å². The molecule has 1 aliphatic carbocycles. The maximum Gasteiger partial charge on any atom is 0.451 e. The monoisotopic (exact) mass is 336 g/mol. The summed E-state index contributed by atoms with van der Waals surface area (Å²) in [6, 6.07) is 0. The zero-order chi connectivity index (χ0) is 16.3. The van der Waals surface area contributed by atoms with Crippen LogP contribution in [0.5, 0.6) is 0 Å². The molecule has 0 spiro atoms. The summed E-state index contributed by atoms with van der Waals surface area (Å²) in [6.45, 7) is -0.527. The van der Waals surface area contributed by atoms with E-state index in [2.05, 4.69) is 4.74 Å². The second-order valence-corrected chi connectivity index (χ2v) is 6.51. The number of hydrogen-bond donors (Lipinski definition) is 1. The molecule has 0 bridgehead atoms. The Morgan fingerprint density at radius 1 is 1.14 bits per heavy atom. The van der Waals surface area contributed by atoms with E-state index in [-0.39, 0.29) is 12.3 Å². The summed E-state index contributed by atoms with van der Waals surface area (Å²) >= 11 is 0. The normalized spacial score (nSPS) is 20.8. The Morgan fingerprint density at radius 3 is 2.10 bits per heavy atom. The number of carbonyl (C=O) groups is 1. The second-order valence-electron chi connectivity index (χ2n) is 5.00. The van der Waals surface area contributed by atoms with Gasteiger partial charge in [-0.05, 0) is 12.3 Å². The summed E-state index contributed by atoms with van der Waals surface area (Å²) in [5, 5.41) is -5.45. The quantitative estimate of drug-likeness (QED) is 0.474. The van der Waals surface area contributed by atoms with Gasteiger partial charge >= 0.3 is 27.3 Å². The van der Waals surface area contributed by atoms with Crippen LogP contribution in [0.25, 0.3) is 0 Å². The van der Waals surface area contributed by atoms with Gasteiger partial charge in [0.15, 0.2) is 0 Å². The Balaban J connectivity index is 2.66. The first-order chi connectivity index (χ1) is 9.50. The molecule has 0 aromatic heterocycles. The van der Waals surface area contributed by atoms with Crippen LogP contribution < -0.4 is 0 Å². The molecule has 5 nitrogen and oxygen atoms in total. The van der Waals surface area contributed by atoms with Crippen molar-refractivity contribution >= 4 is 16.1 Å². The van der Waals surface area contributed by atoms with Gasteiger partial charge in [0, 0.05) is 0 Å². The van der Waals surface area contributed by atoms with Crippen LogP contribution in [-0.4, -0.2) is 36.7 Å². The van der Waals surface area contributed by atoms with Crippen molar-refractivity contribution in [3.8, 4) is 0 Å². The van der Waals surface area contributed by atoms with Crippen LogP contribution in [0.3, 0.4) is 0 Å². The first kappa shape index (κ1) is 18.1. The number of halogens is 4. The fourth-order valence-electron chi connectivity index (χ4n) is 2.25. The Hall–Kier alpha value is -0.900. The molecule has 21 heavy (non-hydrogen) atoms. The van der Waals surface area contributed by atoms with Crippen LogP contribution in [0.2, 0.25) is 0 Å². The van der Waals surface area contributed by atoms with Gasteiger partial charge in [0.05, 0.1) is 6.61 Å². The molecule has 1 unspecified atom stereocenters. The molecule has 1 fully saturated rings. The Kier molecular flexibility index (Phi) is 5.59. The molecule has 1 aliphatic rings. The van der Waals surface area contributed by atoms with E-state index in [1.54, 1.807) is 0 Å². The van der Waals surface area contributed by atoms with Crippen molar-refractivity contribution in [2.45, 2.75) is 49.7 Å². The summed E-state index contributed by atoms with van der Waals surface area (Å²) in [7, 11) is -6.34. The van der Waals surface area contributed by atoms with Crippen molar-refractivity contribution in [3.05, 3.63) is 0 Å². The van der Waals surface area contributed by atoms with Gasteiger partial charge in [-0.2, -0.15) is 21.6 Å². The number of esters is 1. The van der Waals surface area contributed by atoms with E-state index >= 15 is 0 Å². The van der Waals surface area contributed by atoms with E-state index in [4.69, 9.17) is 4.55 Å². The van der Waals surface area contributed by atoms with Gasteiger partial charge < -0.3 is 4.74 Å². The molecular formula is C11H16F4O5S. The van der Waals surface area contributed by atoms with Crippen LogP contribution >= 0.6 is 0 Å². The van der Waals surface area contributed by atoms with Crippen LogP contribution in [0.4, 0.5) is 17.6 Å². The molecule has 0 amide bonds. The lowest BCUT2D eigenvalue weighted by atomic mass is 9.87. The SMILES string of the molecule is O=C(OCCC1CCCCC1)C(F)(C(F)(F)F)S(=O)(=O)O. The van der Waals surface area contributed by atoms with Gasteiger partial charge in [-0.15, -0.1) is 0 Å². The summed E-state index contributed by atoms with van der Waals surface area (Å²) in [4.78, 5) is 11.1. The molecule has 10 heteroatoms. The van der Waals surface area contributed by atoms with Crippen molar-refractivity contribution in [2.24, 2.45) is 5.92 Å². The van der Waals surface area contributed by atoms with Crippen molar-refractivity contribution in [3.63, 3.8) is 0 Å². The average Bonchev–Trinajstić information content (AvgIpc) is 2.36. The first-order valence-electron chi connectivity index (χ1n) is 6.40. The molecule has 1 atom stereocenters. The van der Waals surface area contributed by atoms with Gasteiger partial charge in [0.2, 0.25) is 0 Å². The minimum absolute atomic E-state index is 0.150. The number of alkyl halides is 4. The molecule has 0 aromatic rings. The van der Waals surface area contributed by atoms with Crippen LogP contribution in [0, 0.1) is 5.92 Å². The minimum Gasteiger partial charge on any atom is -0.462 e. The standard InChI is InChI=1S/C11H16F4O5S/c12-10(11(13,14)15,21(17,18)19)9(16)20-7-6-8-4-2-1-3-5-8/h8H,1-7H2,(H,17,18,19). The zero-order valence-corrected chi connectivity index (χ0v) is 11.8. The van der Waals surface area contributed by atoms with E-state index in [9.17, 15) is 30.8 Å². The van der Waals surface area contributed by atoms with Crippen molar-refractivity contribution in [2.75, 3.05) is 6.61 Å². The molecule has 0 aliphatic heterocycles. The predicted molar refractivity (Wildman–Crippen MR) is 63.6 cm³/mol. The largest absolute Gasteiger partial charge is 0.462 e. The topological polar surface area (TPSA) is 80.7 Å². The Morgan fingerprint density at radius 2 is 1.67 bits per heavy atom. The molecule has 1 N–H and O–H groups in total. The molecule has 124 valence electrons. The molecule has 0 heterocycles. The van der Waals surface area contributed by atoms with Gasteiger partial charge in [0.25, 0.3) is 0 Å². The molecular weight excluding hydrogens is 320 g/mol. The third-order valence-electron chi connectivity index (χ3n) is 3.47. The lowest BCUT2D eigenvalue weighted by Crippen LogP contribution is -2.55. The maximum absolute atomic E-state index is 13.5. The number of rotatable bonds is 5. The van der Waals surface area contributed by atoms with Crippen molar-refractivity contribution in [1.29, 1.82) is 0 Å². The highest BCUT2D eigenvalue weighted by molar-refractivity contribution is 7.88. The molecule has 0 aromatic carbocycles. The van der Waals surface area contributed by atoms with E-state index in [1.807, 2.05) is 0 Å². The summed E-state index contributed by atoms with van der Waals surface area (Å²) in [5.74, 6) is -2.51. The number of ether oxygens (including phenoxy) is 1. The van der Waals surface area contributed by atoms with Crippen molar-refractivity contribution < 1.29 is 40.1 Å². The van der Waals surface area contributed by atoms with Gasteiger partial charge in [0.1, 0.15) is 0 Å². The van der Waals surface area contributed by atoms with E-state index in [1.165, 1.54) is 0 Å². The Labute approximate surface area is 119 Å².